The topological polar surface area (TPSA) is 66.4 Å². The summed E-state index contributed by atoms with van der Waals surface area (Å²) in [5.74, 6) is 2.30. The predicted molar refractivity (Wildman–Crippen MR) is 110 cm³/mol. The molecule has 0 unspecified atom stereocenters. The maximum Gasteiger partial charge on any atom is 0.161 e. The molecule has 0 fully saturated rings. The smallest absolute Gasteiger partial charge is 0.161 e. The first-order valence-corrected chi connectivity index (χ1v) is 9.56. The van der Waals surface area contributed by atoms with Gasteiger partial charge < -0.3 is 28.8 Å². The molecule has 0 aliphatic heterocycles. The summed E-state index contributed by atoms with van der Waals surface area (Å²) in [7, 11) is 8.06. The molecule has 0 saturated carbocycles. The quantitative estimate of drug-likeness (QED) is 0.790. The average Bonchev–Trinajstić information content (AvgIpc) is 2.73. The van der Waals surface area contributed by atoms with Gasteiger partial charge in [-0.15, -0.1) is 0 Å². The average molecular weight is 402 g/mol. The van der Waals surface area contributed by atoms with Crippen molar-refractivity contribution < 1.29 is 28.8 Å². The van der Waals surface area contributed by atoms with Gasteiger partial charge in [0.2, 0.25) is 0 Å². The highest BCUT2D eigenvalue weighted by molar-refractivity contribution is 5.55. The number of ether oxygens (including phenoxy) is 5. The van der Waals surface area contributed by atoms with Crippen LogP contribution in [0.2, 0.25) is 0 Å². The van der Waals surface area contributed by atoms with Crippen molar-refractivity contribution in [2.24, 2.45) is 5.92 Å². The number of hydrogen-bond donors (Lipinski definition) is 1. The monoisotopic (exact) mass is 402 g/mol. The molecule has 2 aromatic carbocycles. The molecule has 4 atom stereocenters. The van der Waals surface area contributed by atoms with Crippen molar-refractivity contribution in [3.63, 3.8) is 0 Å². The second kappa shape index (κ2) is 8.13. The van der Waals surface area contributed by atoms with E-state index in [1.54, 1.807) is 35.5 Å². The van der Waals surface area contributed by atoms with Gasteiger partial charge >= 0.3 is 0 Å². The van der Waals surface area contributed by atoms with Gasteiger partial charge in [-0.25, -0.2) is 0 Å². The lowest BCUT2D eigenvalue weighted by molar-refractivity contribution is -0.126. The minimum Gasteiger partial charge on any atom is -0.493 e. The normalized spacial score (nSPS) is 25.9. The van der Waals surface area contributed by atoms with Crippen LogP contribution >= 0.6 is 0 Å². The number of methoxy groups -OCH3 is 5. The zero-order chi connectivity index (χ0) is 21.3. The molecule has 29 heavy (non-hydrogen) atoms. The lowest BCUT2D eigenvalue weighted by atomic mass is 9.64. The Labute approximate surface area is 172 Å². The summed E-state index contributed by atoms with van der Waals surface area (Å²) >= 11 is 0. The molecule has 158 valence electrons. The van der Waals surface area contributed by atoms with Gasteiger partial charge in [0.25, 0.3) is 0 Å². The molecule has 1 N–H and O–H groups in total. The highest BCUT2D eigenvalue weighted by atomic mass is 16.5. The first-order chi connectivity index (χ1) is 13.8. The minimum absolute atomic E-state index is 0.106. The van der Waals surface area contributed by atoms with Crippen LogP contribution in [-0.4, -0.2) is 46.3 Å². The van der Waals surface area contributed by atoms with Crippen LogP contribution in [0.1, 0.15) is 42.6 Å². The van der Waals surface area contributed by atoms with Crippen LogP contribution in [0.4, 0.5) is 0 Å². The maximum absolute atomic E-state index is 11.4. The van der Waals surface area contributed by atoms with Crippen molar-refractivity contribution in [3.8, 4) is 23.0 Å². The predicted octanol–water partition coefficient (Wildman–Crippen LogP) is 3.94. The number of aliphatic hydroxyl groups is 1. The van der Waals surface area contributed by atoms with Crippen molar-refractivity contribution in [3.05, 3.63) is 47.0 Å². The Morgan fingerprint density at radius 3 is 1.79 bits per heavy atom. The van der Waals surface area contributed by atoms with Gasteiger partial charge in [-0.3, -0.25) is 0 Å². The highest BCUT2D eigenvalue weighted by Crippen LogP contribution is 2.54. The Kier molecular flexibility index (Phi) is 5.96. The molecule has 0 radical (unpaired) electrons. The molecule has 2 aromatic rings. The van der Waals surface area contributed by atoms with Gasteiger partial charge in [0.1, 0.15) is 6.10 Å². The van der Waals surface area contributed by atoms with Gasteiger partial charge in [0.05, 0.1) is 34.0 Å². The lowest BCUT2D eigenvalue weighted by Gasteiger charge is -2.47. The Hall–Kier alpha value is -2.44. The Morgan fingerprint density at radius 2 is 1.28 bits per heavy atom. The molecule has 3 rings (SSSR count). The van der Waals surface area contributed by atoms with Crippen LogP contribution < -0.4 is 18.9 Å². The third-order valence-electron chi connectivity index (χ3n) is 6.16. The number of benzene rings is 2. The van der Waals surface area contributed by atoms with E-state index < -0.39 is 11.7 Å². The summed E-state index contributed by atoms with van der Waals surface area (Å²) in [5, 5.41) is 11.4. The molecular weight excluding hydrogens is 372 g/mol. The fourth-order valence-electron chi connectivity index (χ4n) is 4.45. The standard InChI is InChI=1S/C23H30O6/c1-13-21(14-8-9-17(25-3)18(10-14)26-4)15-11-19(27-5)20(28-6)12-16(15)22(29-7)23(13,2)24/h8-13,21-22,24H,1-7H3/t13-,21+,22-,23+/m0/s1. The van der Waals surface area contributed by atoms with Crippen LogP contribution in [-0.2, 0) is 4.74 Å². The van der Waals surface area contributed by atoms with E-state index in [1.807, 2.05) is 44.2 Å². The molecule has 6 heteroatoms. The zero-order valence-electron chi connectivity index (χ0n) is 18.1. The molecular formula is C23H30O6. The summed E-state index contributed by atoms with van der Waals surface area (Å²) in [6.07, 6.45) is -0.497. The van der Waals surface area contributed by atoms with Crippen molar-refractivity contribution in [2.75, 3.05) is 35.5 Å². The van der Waals surface area contributed by atoms with Gasteiger partial charge in [-0.05, 0) is 53.8 Å². The van der Waals surface area contributed by atoms with E-state index >= 15 is 0 Å². The van der Waals surface area contributed by atoms with Crippen LogP contribution in [0.25, 0.3) is 0 Å². The zero-order valence-corrected chi connectivity index (χ0v) is 18.1. The molecule has 0 saturated heterocycles. The second-order valence-electron chi connectivity index (χ2n) is 7.56. The number of rotatable bonds is 6. The minimum atomic E-state index is -1.10. The van der Waals surface area contributed by atoms with Gasteiger partial charge in [-0.1, -0.05) is 13.0 Å². The molecule has 1 aliphatic carbocycles. The first kappa shape index (κ1) is 21.3. The fraction of sp³-hybridized carbons (Fsp3) is 0.478. The van der Waals surface area contributed by atoms with Crippen molar-refractivity contribution in [1.29, 1.82) is 0 Å². The van der Waals surface area contributed by atoms with Crippen molar-refractivity contribution in [1.82, 2.24) is 0 Å². The molecule has 6 nitrogen and oxygen atoms in total. The van der Waals surface area contributed by atoms with Crippen LogP contribution in [0, 0.1) is 5.92 Å². The van der Waals surface area contributed by atoms with Gasteiger partial charge in [-0.2, -0.15) is 0 Å². The summed E-state index contributed by atoms with van der Waals surface area (Å²) in [4.78, 5) is 0. The SMILES string of the molecule is COc1ccc([C@@H]2c3cc(OC)c(OC)cc3[C@H](OC)[C@](C)(O)[C@H]2C)cc1OC. The van der Waals surface area contributed by atoms with Crippen molar-refractivity contribution in [2.45, 2.75) is 31.5 Å². The first-order valence-electron chi connectivity index (χ1n) is 9.56. The number of fused-ring (bicyclic) bond motifs is 1. The van der Waals surface area contributed by atoms with E-state index in [1.165, 1.54) is 0 Å². The lowest BCUT2D eigenvalue weighted by Crippen LogP contribution is -2.47. The summed E-state index contributed by atoms with van der Waals surface area (Å²) in [6, 6.07) is 9.73. The number of hydrogen-bond acceptors (Lipinski definition) is 6. The van der Waals surface area contributed by atoms with Gasteiger partial charge in [0.15, 0.2) is 23.0 Å². The Bertz CT molecular complexity index is 876. The molecule has 0 spiro atoms. The van der Waals surface area contributed by atoms with Gasteiger partial charge in [0, 0.05) is 13.0 Å². The molecule has 0 heterocycles. The van der Waals surface area contributed by atoms with Crippen LogP contribution in [0.3, 0.4) is 0 Å². The van der Waals surface area contributed by atoms with E-state index in [0.29, 0.717) is 23.0 Å². The third-order valence-corrected chi connectivity index (χ3v) is 6.16. The van der Waals surface area contributed by atoms with E-state index in [-0.39, 0.29) is 11.8 Å². The molecule has 1 aliphatic rings. The highest BCUT2D eigenvalue weighted by Gasteiger charge is 2.49. The second-order valence-corrected chi connectivity index (χ2v) is 7.56. The summed E-state index contributed by atoms with van der Waals surface area (Å²) in [5.41, 5.74) is 1.83. The molecule has 0 aromatic heterocycles. The largest absolute Gasteiger partial charge is 0.493 e. The van der Waals surface area contributed by atoms with Crippen molar-refractivity contribution >= 4 is 0 Å². The summed E-state index contributed by atoms with van der Waals surface area (Å²) < 4.78 is 27.7. The van der Waals surface area contributed by atoms with Crippen LogP contribution in [0.15, 0.2) is 30.3 Å². The van der Waals surface area contributed by atoms with E-state index in [4.69, 9.17) is 23.7 Å². The molecule has 0 bridgehead atoms. The summed E-state index contributed by atoms with van der Waals surface area (Å²) in [6.45, 7) is 3.85. The fourth-order valence-corrected chi connectivity index (χ4v) is 4.45. The molecule has 0 amide bonds. The van der Waals surface area contributed by atoms with E-state index in [9.17, 15) is 5.11 Å². The van der Waals surface area contributed by atoms with E-state index in [0.717, 1.165) is 16.7 Å². The Morgan fingerprint density at radius 1 is 0.759 bits per heavy atom. The van der Waals surface area contributed by atoms with Crippen LogP contribution in [0.5, 0.6) is 23.0 Å². The third kappa shape index (κ3) is 3.40. The maximum atomic E-state index is 11.4. The van der Waals surface area contributed by atoms with E-state index in [2.05, 4.69) is 0 Å². The Balaban J connectivity index is 2.27.